The normalized spacial score (nSPS) is 13.3. The Kier molecular flexibility index (Phi) is 4.38. The summed E-state index contributed by atoms with van der Waals surface area (Å²) in [6.45, 7) is 6.08. The molecule has 3 aromatic rings. The van der Waals surface area contributed by atoms with Crippen molar-refractivity contribution in [2.75, 3.05) is 0 Å². The zero-order valence-corrected chi connectivity index (χ0v) is 14.8. The standard InChI is InChI=1S/C19H20N4O3/c1-19(2,3)16-13(20-10-21-16)9-15-18(26)22-14(17(25)23-15)8-11-5-4-6-12(24)7-11/h4-10,24H,1-3H3,(H,20,21)(H,22,26)(H,23,25)/b14-8+,15-9+. The van der Waals surface area contributed by atoms with Gasteiger partial charge >= 0.3 is 0 Å². The van der Waals surface area contributed by atoms with Crippen LogP contribution in [0.5, 0.6) is 5.75 Å². The molecule has 2 heterocycles. The van der Waals surface area contributed by atoms with Crippen LogP contribution in [0.4, 0.5) is 0 Å². The molecule has 26 heavy (non-hydrogen) atoms. The van der Waals surface area contributed by atoms with Crippen LogP contribution in [0, 0.1) is 0 Å². The minimum atomic E-state index is -0.438. The van der Waals surface area contributed by atoms with Gasteiger partial charge in [0.2, 0.25) is 0 Å². The van der Waals surface area contributed by atoms with Crippen LogP contribution in [0.3, 0.4) is 0 Å². The molecule has 2 aromatic heterocycles. The highest BCUT2D eigenvalue weighted by atomic mass is 16.3. The fourth-order valence-electron chi connectivity index (χ4n) is 2.63. The number of hydrogen-bond acceptors (Lipinski definition) is 4. The molecule has 0 saturated heterocycles. The monoisotopic (exact) mass is 352 g/mol. The third kappa shape index (κ3) is 3.66. The summed E-state index contributed by atoms with van der Waals surface area (Å²) < 4.78 is 0. The van der Waals surface area contributed by atoms with Crippen molar-refractivity contribution in [2.45, 2.75) is 26.2 Å². The third-order valence-electron chi connectivity index (χ3n) is 3.87. The molecule has 0 spiro atoms. The number of H-pyrrole nitrogens is 3. The average Bonchev–Trinajstić information content (AvgIpc) is 3.01. The highest BCUT2D eigenvalue weighted by molar-refractivity contribution is 5.51. The van der Waals surface area contributed by atoms with E-state index in [-0.39, 0.29) is 21.9 Å². The zero-order chi connectivity index (χ0) is 18.9. The molecule has 0 unspecified atom stereocenters. The second-order valence-corrected chi connectivity index (χ2v) is 7.03. The number of aromatic amines is 3. The molecule has 3 rings (SSSR count). The zero-order valence-electron chi connectivity index (χ0n) is 14.8. The van der Waals surface area contributed by atoms with Crippen molar-refractivity contribution < 1.29 is 5.11 Å². The minimum absolute atomic E-state index is 0.0794. The van der Waals surface area contributed by atoms with E-state index in [9.17, 15) is 14.7 Å². The van der Waals surface area contributed by atoms with Gasteiger partial charge in [0, 0.05) is 11.1 Å². The van der Waals surface area contributed by atoms with E-state index in [1.165, 1.54) is 18.2 Å². The van der Waals surface area contributed by atoms with E-state index in [0.29, 0.717) is 11.3 Å². The summed E-state index contributed by atoms with van der Waals surface area (Å²) in [5.74, 6) is 0.0794. The van der Waals surface area contributed by atoms with Gasteiger partial charge < -0.3 is 20.1 Å². The largest absolute Gasteiger partial charge is 0.508 e. The van der Waals surface area contributed by atoms with Crippen LogP contribution in [0.1, 0.15) is 37.7 Å². The molecule has 0 saturated carbocycles. The second kappa shape index (κ2) is 6.51. The van der Waals surface area contributed by atoms with Crippen LogP contribution >= 0.6 is 0 Å². The van der Waals surface area contributed by atoms with E-state index in [1.807, 2.05) is 20.8 Å². The molecule has 0 amide bonds. The molecule has 0 fully saturated rings. The number of nitrogens with zero attached hydrogens (tertiary/aromatic N) is 1. The summed E-state index contributed by atoms with van der Waals surface area (Å²) in [4.78, 5) is 37.2. The average molecular weight is 352 g/mol. The van der Waals surface area contributed by atoms with Gasteiger partial charge in [-0.05, 0) is 29.8 Å². The lowest BCUT2D eigenvalue weighted by Crippen LogP contribution is -2.46. The molecular formula is C19H20N4O3. The van der Waals surface area contributed by atoms with Gasteiger partial charge in [-0.1, -0.05) is 32.9 Å². The first-order chi connectivity index (χ1) is 12.2. The predicted octanol–water partition coefficient (Wildman–Crippen LogP) is 0.447. The Morgan fingerprint density at radius 2 is 1.69 bits per heavy atom. The SMILES string of the molecule is CC(C)(C)c1[nH]cnc1/C=c1/[nH]c(=O)/c(=C\c2cccc(O)c2)[nH]c1=O. The van der Waals surface area contributed by atoms with Crippen molar-refractivity contribution in [2.24, 2.45) is 0 Å². The third-order valence-corrected chi connectivity index (χ3v) is 3.87. The molecular weight excluding hydrogens is 332 g/mol. The van der Waals surface area contributed by atoms with Crippen LogP contribution in [0.25, 0.3) is 12.2 Å². The Morgan fingerprint density at radius 1 is 1.04 bits per heavy atom. The maximum Gasteiger partial charge on any atom is 0.272 e. The lowest BCUT2D eigenvalue weighted by molar-refractivity contribution is 0.475. The van der Waals surface area contributed by atoms with E-state index in [1.54, 1.807) is 24.5 Å². The van der Waals surface area contributed by atoms with Gasteiger partial charge in [-0.3, -0.25) is 9.59 Å². The lowest BCUT2D eigenvalue weighted by Gasteiger charge is -2.16. The predicted molar refractivity (Wildman–Crippen MR) is 99.5 cm³/mol. The van der Waals surface area contributed by atoms with Crippen LogP contribution in [0.2, 0.25) is 0 Å². The van der Waals surface area contributed by atoms with Gasteiger partial charge in [0.15, 0.2) is 0 Å². The summed E-state index contributed by atoms with van der Waals surface area (Å²) in [5, 5.41) is 9.73. The van der Waals surface area contributed by atoms with E-state index in [2.05, 4.69) is 19.9 Å². The smallest absolute Gasteiger partial charge is 0.272 e. The molecule has 0 aliphatic rings. The summed E-state index contributed by atoms with van der Waals surface area (Å²) >= 11 is 0. The van der Waals surface area contributed by atoms with Crippen molar-refractivity contribution in [1.82, 2.24) is 19.9 Å². The number of phenolic OH excluding ortho intramolecular Hbond substituents is 1. The van der Waals surface area contributed by atoms with Crippen molar-refractivity contribution >= 4 is 12.2 Å². The Morgan fingerprint density at radius 3 is 2.31 bits per heavy atom. The summed E-state index contributed by atoms with van der Waals surface area (Å²) in [5.41, 5.74) is 1.02. The molecule has 1 aromatic carbocycles. The van der Waals surface area contributed by atoms with Gasteiger partial charge in [-0.2, -0.15) is 0 Å². The molecule has 0 bridgehead atoms. The summed E-state index contributed by atoms with van der Waals surface area (Å²) in [7, 11) is 0. The van der Waals surface area contributed by atoms with Gasteiger partial charge in [-0.25, -0.2) is 4.98 Å². The number of benzene rings is 1. The summed E-state index contributed by atoms with van der Waals surface area (Å²) in [6.07, 6.45) is 4.61. The van der Waals surface area contributed by atoms with Gasteiger partial charge in [-0.15, -0.1) is 0 Å². The Bertz CT molecular complexity index is 1180. The molecule has 134 valence electrons. The number of nitrogens with one attached hydrogen (secondary N) is 3. The van der Waals surface area contributed by atoms with Gasteiger partial charge in [0.05, 0.1) is 12.0 Å². The van der Waals surface area contributed by atoms with Crippen molar-refractivity contribution in [1.29, 1.82) is 0 Å². The second-order valence-electron chi connectivity index (χ2n) is 7.03. The van der Waals surface area contributed by atoms with E-state index in [0.717, 1.165) is 5.69 Å². The number of rotatable bonds is 2. The topological polar surface area (TPSA) is 115 Å². The fourth-order valence-corrected chi connectivity index (χ4v) is 2.63. The molecule has 0 radical (unpaired) electrons. The summed E-state index contributed by atoms with van der Waals surface area (Å²) in [6, 6.07) is 6.40. The minimum Gasteiger partial charge on any atom is -0.508 e. The first kappa shape index (κ1) is 17.5. The Hall–Kier alpha value is -3.35. The van der Waals surface area contributed by atoms with E-state index in [4.69, 9.17) is 0 Å². The Balaban J connectivity index is 2.14. The molecule has 7 heteroatoms. The molecule has 0 aliphatic carbocycles. The molecule has 0 aliphatic heterocycles. The number of hydrogen-bond donors (Lipinski definition) is 4. The van der Waals surface area contributed by atoms with Crippen LogP contribution in [0.15, 0.2) is 40.2 Å². The molecule has 7 nitrogen and oxygen atoms in total. The lowest BCUT2D eigenvalue weighted by atomic mass is 9.90. The number of aromatic nitrogens is 4. The number of aromatic hydroxyl groups is 1. The van der Waals surface area contributed by atoms with E-state index >= 15 is 0 Å². The van der Waals surface area contributed by atoms with Crippen molar-refractivity contribution in [3.05, 3.63) is 78.9 Å². The first-order valence-electron chi connectivity index (χ1n) is 8.13. The van der Waals surface area contributed by atoms with Crippen molar-refractivity contribution in [3.8, 4) is 5.75 Å². The highest BCUT2D eigenvalue weighted by Crippen LogP contribution is 2.22. The maximum absolute atomic E-state index is 12.4. The van der Waals surface area contributed by atoms with Crippen LogP contribution in [-0.4, -0.2) is 25.0 Å². The fraction of sp³-hybridized carbons (Fsp3) is 0.211. The van der Waals surface area contributed by atoms with E-state index < -0.39 is 11.1 Å². The number of imidazole rings is 1. The van der Waals surface area contributed by atoms with Crippen molar-refractivity contribution in [3.63, 3.8) is 0 Å². The quantitative estimate of drug-likeness (QED) is 0.536. The first-order valence-corrected chi connectivity index (χ1v) is 8.13. The van der Waals surface area contributed by atoms with Gasteiger partial charge in [0.25, 0.3) is 11.1 Å². The Labute approximate surface area is 148 Å². The maximum atomic E-state index is 12.4. The van der Waals surface area contributed by atoms with Crippen LogP contribution in [-0.2, 0) is 5.41 Å². The highest BCUT2D eigenvalue weighted by Gasteiger charge is 2.19. The molecule has 0 atom stereocenters. The molecule has 4 N–H and O–H groups in total. The van der Waals surface area contributed by atoms with Gasteiger partial charge in [0.1, 0.15) is 16.4 Å². The van der Waals surface area contributed by atoms with Crippen LogP contribution < -0.4 is 21.8 Å². The number of phenols is 1.